The highest BCUT2D eigenvalue weighted by molar-refractivity contribution is 7.98. The molecule has 0 fully saturated rings. The van der Waals surface area contributed by atoms with E-state index in [1.807, 2.05) is 13.1 Å². The maximum absolute atomic E-state index is 12.2. The molecule has 0 saturated heterocycles. The van der Waals surface area contributed by atoms with E-state index < -0.39 is 0 Å². The smallest absolute Gasteiger partial charge is 0.255 e. The lowest BCUT2D eigenvalue weighted by Crippen LogP contribution is -2.35. The van der Waals surface area contributed by atoms with Crippen molar-refractivity contribution in [1.29, 1.82) is 0 Å². The van der Waals surface area contributed by atoms with Crippen molar-refractivity contribution in [3.8, 4) is 0 Å². The van der Waals surface area contributed by atoms with Gasteiger partial charge in [-0.2, -0.15) is 11.8 Å². The van der Waals surface area contributed by atoms with Gasteiger partial charge in [-0.05, 0) is 37.5 Å². The second kappa shape index (κ2) is 7.26. The number of hydrogen-bond acceptors (Lipinski definition) is 4. The number of hydrogen-bond donors (Lipinski definition) is 1. The van der Waals surface area contributed by atoms with Crippen molar-refractivity contribution in [3.05, 3.63) is 23.9 Å². The number of pyridine rings is 1. The number of nitrogens with one attached hydrogen (secondary N) is 1. The maximum Gasteiger partial charge on any atom is 0.255 e. The number of rotatable bonds is 6. The topological polar surface area (TPSA) is 45.2 Å². The van der Waals surface area contributed by atoms with Gasteiger partial charge in [0.15, 0.2) is 0 Å². The minimum Gasteiger partial charge on any atom is -0.373 e. The van der Waals surface area contributed by atoms with Crippen LogP contribution in [0.5, 0.6) is 0 Å². The summed E-state index contributed by atoms with van der Waals surface area (Å²) in [4.78, 5) is 18.2. The van der Waals surface area contributed by atoms with Crippen LogP contribution in [-0.2, 0) is 0 Å². The summed E-state index contributed by atoms with van der Waals surface area (Å²) in [7, 11) is 3.65. The number of carbonyl (C=O) groups is 1. The summed E-state index contributed by atoms with van der Waals surface area (Å²) >= 11 is 1.80. The normalized spacial score (nSPS) is 12.0. The van der Waals surface area contributed by atoms with Gasteiger partial charge in [-0.25, -0.2) is 4.98 Å². The quantitative estimate of drug-likeness (QED) is 0.859. The van der Waals surface area contributed by atoms with E-state index in [0.29, 0.717) is 5.56 Å². The van der Waals surface area contributed by atoms with E-state index in [-0.39, 0.29) is 11.9 Å². The maximum atomic E-state index is 12.2. The number of nitrogens with zero attached hydrogens (tertiary/aromatic N) is 2. The molecule has 1 aromatic heterocycles. The highest BCUT2D eigenvalue weighted by Crippen LogP contribution is 2.11. The summed E-state index contributed by atoms with van der Waals surface area (Å²) in [5.41, 5.74) is 0.632. The SMILES string of the molecule is CNc1ccc(C(=O)N(C)C(C)CCSC)cn1. The minimum atomic E-state index is 0.0266. The van der Waals surface area contributed by atoms with Gasteiger partial charge in [0.1, 0.15) is 5.82 Å². The Morgan fingerprint density at radius 3 is 2.78 bits per heavy atom. The first-order valence-corrected chi connectivity index (χ1v) is 7.39. The Hall–Kier alpha value is -1.23. The Morgan fingerprint density at radius 2 is 2.28 bits per heavy atom. The predicted molar refractivity (Wildman–Crippen MR) is 78.3 cm³/mol. The Kier molecular flexibility index (Phi) is 5.98. The van der Waals surface area contributed by atoms with Gasteiger partial charge in [0.25, 0.3) is 5.91 Å². The molecular weight excluding hydrogens is 246 g/mol. The molecule has 0 saturated carbocycles. The third kappa shape index (κ3) is 3.91. The van der Waals surface area contributed by atoms with E-state index in [9.17, 15) is 4.79 Å². The predicted octanol–water partition coefficient (Wildman–Crippen LogP) is 2.34. The highest BCUT2D eigenvalue weighted by Gasteiger charge is 2.17. The summed E-state index contributed by atoms with van der Waals surface area (Å²) < 4.78 is 0. The molecular formula is C13H21N3OS. The van der Waals surface area contributed by atoms with Crippen molar-refractivity contribution in [2.45, 2.75) is 19.4 Å². The zero-order chi connectivity index (χ0) is 13.5. The fourth-order valence-corrected chi connectivity index (χ4v) is 2.13. The molecule has 1 heterocycles. The summed E-state index contributed by atoms with van der Waals surface area (Å²) in [5.74, 6) is 1.86. The molecule has 18 heavy (non-hydrogen) atoms. The second-order valence-corrected chi connectivity index (χ2v) is 5.21. The molecule has 0 aliphatic heterocycles. The fourth-order valence-electron chi connectivity index (χ4n) is 1.55. The molecule has 1 amide bonds. The number of thioether (sulfide) groups is 1. The molecule has 0 aromatic carbocycles. The van der Waals surface area contributed by atoms with Gasteiger partial charge in [-0.15, -0.1) is 0 Å². The average Bonchev–Trinajstić information content (AvgIpc) is 2.43. The van der Waals surface area contributed by atoms with Crippen LogP contribution in [0.3, 0.4) is 0 Å². The molecule has 0 aliphatic rings. The third-order valence-corrected chi connectivity index (χ3v) is 3.63. The fraction of sp³-hybridized carbons (Fsp3) is 0.538. The molecule has 0 bridgehead atoms. The monoisotopic (exact) mass is 267 g/mol. The van der Waals surface area contributed by atoms with Crippen LogP contribution in [-0.4, -0.2) is 47.9 Å². The van der Waals surface area contributed by atoms with Gasteiger partial charge in [0, 0.05) is 26.3 Å². The minimum absolute atomic E-state index is 0.0266. The van der Waals surface area contributed by atoms with Crippen molar-refractivity contribution in [2.24, 2.45) is 0 Å². The van der Waals surface area contributed by atoms with Crippen molar-refractivity contribution >= 4 is 23.5 Å². The zero-order valence-electron chi connectivity index (χ0n) is 11.4. The van der Waals surface area contributed by atoms with Gasteiger partial charge >= 0.3 is 0 Å². The molecule has 0 aliphatic carbocycles. The van der Waals surface area contributed by atoms with E-state index in [0.717, 1.165) is 18.0 Å². The molecule has 1 aromatic rings. The van der Waals surface area contributed by atoms with E-state index in [4.69, 9.17) is 0 Å². The largest absolute Gasteiger partial charge is 0.373 e. The summed E-state index contributed by atoms with van der Waals surface area (Å²) in [5, 5.41) is 2.93. The van der Waals surface area contributed by atoms with Crippen molar-refractivity contribution in [3.63, 3.8) is 0 Å². The Labute approximate surface area is 113 Å². The molecule has 1 unspecified atom stereocenters. The molecule has 5 heteroatoms. The second-order valence-electron chi connectivity index (χ2n) is 4.23. The number of aromatic nitrogens is 1. The van der Waals surface area contributed by atoms with Crippen LogP contribution in [0.4, 0.5) is 5.82 Å². The summed E-state index contributed by atoms with van der Waals surface area (Å²) in [6.45, 7) is 2.07. The van der Waals surface area contributed by atoms with Crippen LogP contribution in [0.1, 0.15) is 23.7 Å². The van der Waals surface area contributed by atoms with Crippen LogP contribution in [0, 0.1) is 0 Å². The molecule has 1 rings (SSSR count). The Bertz CT molecular complexity index is 380. The van der Waals surface area contributed by atoms with Gasteiger partial charge in [0.2, 0.25) is 0 Å². The van der Waals surface area contributed by atoms with Gasteiger partial charge in [-0.3, -0.25) is 4.79 Å². The van der Waals surface area contributed by atoms with Crippen molar-refractivity contribution < 1.29 is 4.79 Å². The van der Waals surface area contributed by atoms with E-state index in [1.54, 1.807) is 36.0 Å². The number of anilines is 1. The first-order chi connectivity index (χ1) is 8.60. The first-order valence-electron chi connectivity index (χ1n) is 6.00. The lowest BCUT2D eigenvalue weighted by Gasteiger charge is -2.24. The van der Waals surface area contributed by atoms with Crippen LogP contribution in [0.25, 0.3) is 0 Å². The van der Waals surface area contributed by atoms with Crippen molar-refractivity contribution in [2.75, 3.05) is 31.4 Å². The molecule has 1 N–H and O–H groups in total. The van der Waals surface area contributed by atoms with Gasteiger partial charge in [-0.1, -0.05) is 0 Å². The molecule has 0 radical (unpaired) electrons. The highest BCUT2D eigenvalue weighted by atomic mass is 32.2. The van der Waals surface area contributed by atoms with E-state index >= 15 is 0 Å². The zero-order valence-corrected chi connectivity index (χ0v) is 12.3. The van der Waals surface area contributed by atoms with Crippen LogP contribution in [0.2, 0.25) is 0 Å². The van der Waals surface area contributed by atoms with Crippen LogP contribution >= 0.6 is 11.8 Å². The number of carbonyl (C=O) groups excluding carboxylic acids is 1. The van der Waals surface area contributed by atoms with Gasteiger partial charge < -0.3 is 10.2 Å². The Morgan fingerprint density at radius 1 is 1.56 bits per heavy atom. The number of amides is 1. The van der Waals surface area contributed by atoms with Crippen LogP contribution < -0.4 is 5.32 Å². The summed E-state index contributed by atoms with van der Waals surface area (Å²) in [6.07, 6.45) is 4.70. The third-order valence-electron chi connectivity index (χ3n) is 2.99. The lowest BCUT2D eigenvalue weighted by atomic mass is 10.2. The van der Waals surface area contributed by atoms with Crippen LogP contribution in [0.15, 0.2) is 18.3 Å². The lowest BCUT2D eigenvalue weighted by molar-refractivity contribution is 0.0741. The molecule has 4 nitrogen and oxygen atoms in total. The van der Waals surface area contributed by atoms with Gasteiger partial charge in [0.05, 0.1) is 5.56 Å². The van der Waals surface area contributed by atoms with E-state index in [1.165, 1.54) is 0 Å². The Balaban J connectivity index is 2.67. The first kappa shape index (κ1) is 14.8. The molecule has 1 atom stereocenters. The standard InChI is InChI=1S/C13H21N3OS/c1-10(7-8-18-4)16(3)13(17)11-5-6-12(14-2)15-9-11/h5-6,9-10H,7-8H2,1-4H3,(H,14,15). The molecule has 100 valence electrons. The average molecular weight is 267 g/mol. The van der Waals surface area contributed by atoms with Crippen molar-refractivity contribution in [1.82, 2.24) is 9.88 Å². The summed E-state index contributed by atoms with van der Waals surface area (Å²) in [6, 6.07) is 3.86. The molecule has 0 spiro atoms. The van der Waals surface area contributed by atoms with E-state index in [2.05, 4.69) is 23.5 Å².